The Morgan fingerprint density at radius 3 is 2.33 bits per heavy atom. The summed E-state index contributed by atoms with van der Waals surface area (Å²) in [7, 11) is 0. The van der Waals surface area contributed by atoms with Gasteiger partial charge >= 0.3 is 6.09 Å². The third kappa shape index (κ3) is 4.57. The van der Waals surface area contributed by atoms with Crippen LogP contribution in [0.1, 0.15) is 37.2 Å². The number of hydrogen-bond acceptors (Lipinski definition) is 2. The summed E-state index contributed by atoms with van der Waals surface area (Å²) in [6.45, 7) is 0.439. The Hall–Kier alpha value is -2.36. The fourth-order valence-electron chi connectivity index (χ4n) is 3.27. The van der Waals surface area contributed by atoms with Crippen molar-refractivity contribution in [2.45, 2.75) is 31.6 Å². The topological polar surface area (TPSA) is 38.3 Å². The zero-order valence-electron chi connectivity index (χ0n) is 13.6. The van der Waals surface area contributed by atoms with Gasteiger partial charge in [0.15, 0.2) is 0 Å². The molecule has 1 N–H and O–H groups in total. The van der Waals surface area contributed by atoms with Crippen LogP contribution in [-0.4, -0.2) is 12.7 Å². The smallest absolute Gasteiger partial charge is 0.411 e. The van der Waals surface area contributed by atoms with Crippen molar-refractivity contribution in [2.75, 3.05) is 11.9 Å². The van der Waals surface area contributed by atoms with Crippen LogP contribution < -0.4 is 5.32 Å². The maximum atomic E-state index is 12.8. The zero-order valence-corrected chi connectivity index (χ0v) is 13.6. The lowest BCUT2D eigenvalue weighted by molar-refractivity contribution is 0.126. The van der Waals surface area contributed by atoms with Crippen molar-refractivity contribution in [3.63, 3.8) is 0 Å². The summed E-state index contributed by atoms with van der Waals surface area (Å²) < 4.78 is 18.1. The highest BCUT2D eigenvalue weighted by molar-refractivity contribution is 5.84. The molecule has 1 aliphatic carbocycles. The van der Waals surface area contributed by atoms with Gasteiger partial charge in [0.25, 0.3) is 0 Å². The van der Waals surface area contributed by atoms with E-state index >= 15 is 0 Å². The van der Waals surface area contributed by atoms with E-state index in [9.17, 15) is 9.18 Å². The van der Waals surface area contributed by atoms with E-state index in [1.807, 2.05) is 6.07 Å². The molecule has 2 aromatic carbocycles. The minimum atomic E-state index is -0.480. The number of carbonyl (C=O) groups excluding carboxylic acids is 1. The van der Waals surface area contributed by atoms with Gasteiger partial charge in [-0.1, -0.05) is 30.3 Å². The van der Waals surface area contributed by atoms with Crippen molar-refractivity contribution >= 4 is 11.8 Å². The first-order chi connectivity index (χ1) is 11.7. The normalized spacial score (nSPS) is 20.4. The Kier molecular flexibility index (Phi) is 5.47. The SMILES string of the molecule is O=C(Nc1ccc(F)cc1)OC[C@H]1CC[C@@H](c2ccccc2)CC1. The van der Waals surface area contributed by atoms with Crippen LogP contribution in [0, 0.1) is 11.7 Å². The van der Waals surface area contributed by atoms with Crippen LogP contribution in [0.25, 0.3) is 0 Å². The fraction of sp³-hybridized carbons (Fsp3) is 0.350. The van der Waals surface area contributed by atoms with Gasteiger partial charge in [-0.05, 0) is 67.3 Å². The average molecular weight is 327 g/mol. The maximum absolute atomic E-state index is 12.8. The van der Waals surface area contributed by atoms with E-state index in [1.54, 1.807) is 0 Å². The number of carbonyl (C=O) groups is 1. The molecule has 0 saturated heterocycles. The molecule has 0 heterocycles. The zero-order chi connectivity index (χ0) is 16.8. The summed E-state index contributed by atoms with van der Waals surface area (Å²) in [4.78, 5) is 11.8. The number of amides is 1. The summed E-state index contributed by atoms with van der Waals surface area (Å²) in [5.41, 5.74) is 1.94. The van der Waals surface area contributed by atoms with E-state index < -0.39 is 6.09 Å². The summed E-state index contributed by atoms with van der Waals surface area (Å²) in [5.74, 6) is 0.712. The number of rotatable bonds is 4. The van der Waals surface area contributed by atoms with Crippen molar-refractivity contribution < 1.29 is 13.9 Å². The van der Waals surface area contributed by atoms with Gasteiger partial charge < -0.3 is 4.74 Å². The Bertz CT molecular complexity index is 649. The highest BCUT2D eigenvalue weighted by Crippen LogP contribution is 2.35. The molecule has 0 aromatic heterocycles. The van der Waals surface area contributed by atoms with Crippen LogP contribution in [0.15, 0.2) is 54.6 Å². The molecule has 3 nitrogen and oxygen atoms in total. The molecular formula is C20H22FNO2. The molecule has 0 unspecified atom stereocenters. The molecule has 0 bridgehead atoms. The van der Waals surface area contributed by atoms with Gasteiger partial charge in [-0.15, -0.1) is 0 Å². The van der Waals surface area contributed by atoms with Gasteiger partial charge in [0.1, 0.15) is 5.82 Å². The second-order valence-electron chi connectivity index (χ2n) is 6.36. The quantitative estimate of drug-likeness (QED) is 0.822. The number of halogens is 1. The molecule has 0 spiro atoms. The number of ether oxygens (including phenoxy) is 1. The fourth-order valence-corrected chi connectivity index (χ4v) is 3.27. The molecule has 1 saturated carbocycles. The van der Waals surface area contributed by atoms with Gasteiger partial charge in [0, 0.05) is 5.69 Å². The molecule has 2 aromatic rings. The van der Waals surface area contributed by atoms with Gasteiger partial charge in [-0.3, -0.25) is 5.32 Å². The summed E-state index contributed by atoms with van der Waals surface area (Å²) in [6, 6.07) is 16.2. The molecule has 0 atom stereocenters. The average Bonchev–Trinajstić information content (AvgIpc) is 2.63. The largest absolute Gasteiger partial charge is 0.449 e. The minimum Gasteiger partial charge on any atom is -0.449 e. The highest BCUT2D eigenvalue weighted by Gasteiger charge is 2.23. The Morgan fingerprint density at radius 1 is 1.00 bits per heavy atom. The summed E-state index contributed by atoms with van der Waals surface area (Å²) in [6.07, 6.45) is 3.94. The number of hydrogen-bond donors (Lipinski definition) is 1. The van der Waals surface area contributed by atoms with E-state index in [0.29, 0.717) is 24.1 Å². The third-order valence-corrected chi connectivity index (χ3v) is 4.66. The first-order valence-corrected chi connectivity index (χ1v) is 8.45. The van der Waals surface area contributed by atoms with Crippen LogP contribution in [0.2, 0.25) is 0 Å². The third-order valence-electron chi connectivity index (χ3n) is 4.66. The highest BCUT2D eigenvalue weighted by atomic mass is 19.1. The van der Waals surface area contributed by atoms with Crippen LogP contribution in [0.4, 0.5) is 14.9 Å². The van der Waals surface area contributed by atoms with E-state index in [2.05, 4.69) is 29.6 Å². The molecule has 24 heavy (non-hydrogen) atoms. The van der Waals surface area contributed by atoms with Crippen molar-refractivity contribution in [1.29, 1.82) is 0 Å². The van der Waals surface area contributed by atoms with Crippen LogP contribution in [0.5, 0.6) is 0 Å². The van der Waals surface area contributed by atoms with E-state index in [0.717, 1.165) is 25.7 Å². The summed E-state index contributed by atoms with van der Waals surface area (Å²) >= 11 is 0. The van der Waals surface area contributed by atoms with Gasteiger partial charge in [-0.25, -0.2) is 9.18 Å². The second-order valence-corrected chi connectivity index (χ2v) is 6.36. The van der Waals surface area contributed by atoms with Gasteiger partial charge in [0.05, 0.1) is 6.61 Å². The first kappa shape index (κ1) is 16.5. The van der Waals surface area contributed by atoms with E-state index in [1.165, 1.54) is 29.8 Å². The van der Waals surface area contributed by atoms with Crippen molar-refractivity contribution in [3.8, 4) is 0 Å². The van der Waals surface area contributed by atoms with Gasteiger partial charge in [-0.2, -0.15) is 0 Å². The predicted octanol–water partition coefficient (Wildman–Crippen LogP) is 5.35. The molecule has 1 amide bonds. The first-order valence-electron chi connectivity index (χ1n) is 8.45. The molecule has 0 aliphatic heterocycles. The van der Waals surface area contributed by atoms with Crippen LogP contribution in [0.3, 0.4) is 0 Å². The molecule has 4 heteroatoms. The maximum Gasteiger partial charge on any atom is 0.411 e. The van der Waals surface area contributed by atoms with Crippen molar-refractivity contribution in [1.82, 2.24) is 0 Å². The Morgan fingerprint density at radius 2 is 1.67 bits per heavy atom. The second kappa shape index (κ2) is 7.95. The molecule has 1 aliphatic rings. The standard InChI is InChI=1S/C20H22FNO2/c21-18-10-12-19(13-11-18)22-20(23)24-14-15-6-8-17(9-7-15)16-4-2-1-3-5-16/h1-5,10-13,15,17H,6-9,14H2,(H,22,23)/t15-,17+. The van der Waals surface area contributed by atoms with Gasteiger partial charge in [0.2, 0.25) is 0 Å². The lowest BCUT2D eigenvalue weighted by atomic mass is 9.79. The molecule has 3 rings (SSSR count). The Balaban J connectivity index is 1.40. The van der Waals surface area contributed by atoms with Crippen LogP contribution in [-0.2, 0) is 4.74 Å². The van der Waals surface area contributed by atoms with E-state index in [4.69, 9.17) is 4.74 Å². The van der Waals surface area contributed by atoms with Crippen molar-refractivity contribution in [2.24, 2.45) is 5.92 Å². The molecule has 126 valence electrons. The Labute approximate surface area is 141 Å². The monoisotopic (exact) mass is 327 g/mol. The van der Waals surface area contributed by atoms with E-state index in [-0.39, 0.29) is 5.82 Å². The lowest BCUT2D eigenvalue weighted by Crippen LogP contribution is -2.22. The lowest BCUT2D eigenvalue weighted by Gasteiger charge is -2.28. The number of benzene rings is 2. The predicted molar refractivity (Wildman–Crippen MR) is 92.5 cm³/mol. The molecular weight excluding hydrogens is 305 g/mol. The minimum absolute atomic E-state index is 0.330. The number of nitrogens with one attached hydrogen (secondary N) is 1. The molecule has 1 fully saturated rings. The summed E-state index contributed by atoms with van der Waals surface area (Å²) in [5, 5.41) is 2.62. The molecule has 0 radical (unpaired) electrons. The number of anilines is 1. The van der Waals surface area contributed by atoms with Crippen molar-refractivity contribution in [3.05, 3.63) is 66.0 Å². The van der Waals surface area contributed by atoms with Crippen LogP contribution >= 0.6 is 0 Å².